The topological polar surface area (TPSA) is 86.7 Å². The summed E-state index contributed by atoms with van der Waals surface area (Å²) in [5, 5.41) is 11.3. The van der Waals surface area contributed by atoms with Gasteiger partial charge >= 0.3 is 5.97 Å². The first-order valence-electron chi connectivity index (χ1n) is 7.82. The van der Waals surface area contributed by atoms with E-state index in [4.69, 9.17) is 5.11 Å². The van der Waals surface area contributed by atoms with Crippen molar-refractivity contribution in [1.29, 1.82) is 0 Å². The van der Waals surface area contributed by atoms with E-state index in [2.05, 4.69) is 5.32 Å². The van der Waals surface area contributed by atoms with Crippen molar-refractivity contribution in [1.82, 2.24) is 10.2 Å². The minimum absolute atomic E-state index is 0.0000157. The van der Waals surface area contributed by atoms with Crippen molar-refractivity contribution in [3.63, 3.8) is 0 Å². The van der Waals surface area contributed by atoms with E-state index in [0.717, 1.165) is 12.0 Å². The summed E-state index contributed by atoms with van der Waals surface area (Å²) in [6.45, 7) is 2.43. The van der Waals surface area contributed by atoms with Crippen LogP contribution in [0.5, 0.6) is 0 Å². The minimum Gasteiger partial charge on any atom is -0.480 e. The van der Waals surface area contributed by atoms with E-state index in [-0.39, 0.29) is 17.7 Å². The Bertz CT molecular complexity index is 573. The number of rotatable bonds is 5. The molecule has 0 aromatic heterocycles. The van der Waals surface area contributed by atoms with Gasteiger partial charge in [0.1, 0.15) is 6.04 Å². The van der Waals surface area contributed by atoms with Gasteiger partial charge in [-0.15, -0.1) is 0 Å². The molecular weight excluding hydrogens is 296 g/mol. The van der Waals surface area contributed by atoms with Crippen molar-refractivity contribution in [2.75, 3.05) is 13.1 Å². The van der Waals surface area contributed by atoms with Crippen molar-refractivity contribution >= 4 is 17.8 Å². The number of carboxylic acids is 1. The quantitative estimate of drug-likeness (QED) is 0.850. The first-order chi connectivity index (χ1) is 11.0. The van der Waals surface area contributed by atoms with Gasteiger partial charge in [0.2, 0.25) is 11.8 Å². The summed E-state index contributed by atoms with van der Waals surface area (Å²) in [6, 6.07) is 8.57. The van der Waals surface area contributed by atoms with Crippen LogP contribution in [0.3, 0.4) is 0 Å². The predicted molar refractivity (Wildman–Crippen MR) is 84.7 cm³/mol. The molecule has 0 aliphatic carbocycles. The number of hydrogen-bond acceptors (Lipinski definition) is 3. The molecule has 0 spiro atoms. The normalized spacial score (nSPS) is 19.0. The Balaban J connectivity index is 1.91. The Morgan fingerprint density at radius 3 is 2.65 bits per heavy atom. The van der Waals surface area contributed by atoms with Gasteiger partial charge in [-0.2, -0.15) is 0 Å². The van der Waals surface area contributed by atoms with Crippen LogP contribution in [-0.2, 0) is 20.8 Å². The van der Waals surface area contributed by atoms with Gasteiger partial charge < -0.3 is 15.3 Å². The average Bonchev–Trinajstić information content (AvgIpc) is 2.55. The van der Waals surface area contributed by atoms with Gasteiger partial charge in [0.15, 0.2) is 0 Å². The molecule has 6 nitrogen and oxygen atoms in total. The van der Waals surface area contributed by atoms with E-state index in [1.165, 1.54) is 6.92 Å². The van der Waals surface area contributed by atoms with Gasteiger partial charge in [0.05, 0.1) is 12.3 Å². The van der Waals surface area contributed by atoms with Crippen LogP contribution in [0.1, 0.15) is 25.3 Å². The lowest BCUT2D eigenvalue weighted by molar-refractivity contribution is -0.143. The third kappa shape index (κ3) is 4.81. The number of aliphatic carboxylic acids is 1. The van der Waals surface area contributed by atoms with E-state index in [9.17, 15) is 14.4 Å². The van der Waals surface area contributed by atoms with Gasteiger partial charge in [0, 0.05) is 13.1 Å². The molecule has 1 fully saturated rings. The van der Waals surface area contributed by atoms with Crippen LogP contribution in [0.2, 0.25) is 0 Å². The lowest BCUT2D eigenvalue weighted by Gasteiger charge is -2.32. The maximum Gasteiger partial charge on any atom is 0.325 e. The molecular formula is C17H22N2O4. The highest BCUT2D eigenvalue weighted by molar-refractivity contribution is 5.86. The highest BCUT2D eigenvalue weighted by atomic mass is 16.4. The second-order valence-corrected chi connectivity index (χ2v) is 5.91. The Morgan fingerprint density at radius 2 is 2.00 bits per heavy atom. The number of nitrogens with zero attached hydrogens (tertiary/aromatic N) is 1. The van der Waals surface area contributed by atoms with Crippen LogP contribution in [0.15, 0.2) is 30.3 Å². The number of hydrogen-bond donors (Lipinski definition) is 2. The minimum atomic E-state index is -1.06. The SMILES string of the molecule is C[C@@H](NC(=O)C1CCCN(C(=O)Cc2ccccc2)C1)C(=O)O. The Morgan fingerprint density at radius 1 is 1.30 bits per heavy atom. The summed E-state index contributed by atoms with van der Waals surface area (Å²) >= 11 is 0. The van der Waals surface area contributed by atoms with Gasteiger partial charge in [-0.3, -0.25) is 14.4 Å². The molecule has 1 unspecified atom stereocenters. The zero-order valence-electron chi connectivity index (χ0n) is 13.2. The van der Waals surface area contributed by atoms with Crippen molar-refractivity contribution in [2.45, 2.75) is 32.2 Å². The van der Waals surface area contributed by atoms with Crippen molar-refractivity contribution in [2.24, 2.45) is 5.92 Å². The second kappa shape index (κ2) is 7.76. The molecule has 1 aromatic rings. The van der Waals surface area contributed by atoms with E-state index in [1.54, 1.807) is 4.90 Å². The lowest BCUT2D eigenvalue weighted by Crippen LogP contribution is -2.48. The number of carbonyl (C=O) groups is 3. The molecule has 2 atom stereocenters. The molecule has 2 amide bonds. The molecule has 0 radical (unpaired) electrons. The fourth-order valence-corrected chi connectivity index (χ4v) is 2.69. The Hall–Kier alpha value is -2.37. The molecule has 23 heavy (non-hydrogen) atoms. The molecule has 0 bridgehead atoms. The molecule has 6 heteroatoms. The molecule has 124 valence electrons. The summed E-state index contributed by atoms with van der Waals surface area (Å²) in [5.41, 5.74) is 0.948. The van der Waals surface area contributed by atoms with Gasteiger partial charge in [0.25, 0.3) is 0 Å². The summed E-state index contributed by atoms with van der Waals surface area (Å²) in [4.78, 5) is 37.0. The van der Waals surface area contributed by atoms with Crippen molar-refractivity contribution in [3.8, 4) is 0 Å². The second-order valence-electron chi connectivity index (χ2n) is 5.91. The highest BCUT2D eigenvalue weighted by Gasteiger charge is 2.29. The number of likely N-dealkylation sites (tertiary alicyclic amines) is 1. The molecule has 0 saturated carbocycles. The van der Waals surface area contributed by atoms with Crippen LogP contribution in [0, 0.1) is 5.92 Å². The lowest BCUT2D eigenvalue weighted by atomic mass is 9.96. The highest BCUT2D eigenvalue weighted by Crippen LogP contribution is 2.18. The Kier molecular flexibility index (Phi) is 5.73. The van der Waals surface area contributed by atoms with Gasteiger partial charge in [-0.25, -0.2) is 0 Å². The number of carbonyl (C=O) groups excluding carboxylic acids is 2. The van der Waals surface area contributed by atoms with Gasteiger partial charge in [-0.1, -0.05) is 30.3 Å². The first kappa shape index (κ1) is 17.0. The number of benzene rings is 1. The molecule has 1 aromatic carbocycles. The van der Waals surface area contributed by atoms with Crippen LogP contribution >= 0.6 is 0 Å². The summed E-state index contributed by atoms with van der Waals surface area (Å²) < 4.78 is 0. The monoisotopic (exact) mass is 318 g/mol. The van der Waals surface area contributed by atoms with E-state index < -0.39 is 12.0 Å². The molecule has 1 saturated heterocycles. The molecule has 1 aliphatic heterocycles. The van der Waals surface area contributed by atoms with Crippen LogP contribution in [0.25, 0.3) is 0 Å². The fraction of sp³-hybridized carbons (Fsp3) is 0.471. The molecule has 2 N–H and O–H groups in total. The van der Waals surface area contributed by atoms with E-state index >= 15 is 0 Å². The smallest absolute Gasteiger partial charge is 0.325 e. The molecule has 2 rings (SSSR count). The zero-order chi connectivity index (χ0) is 16.8. The maximum absolute atomic E-state index is 12.4. The van der Waals surface area contributed by atoms with Crippen LogP contribution in [0.4, 0.5) is 0 Å². The largest absolute Gasteiger partial charge is 0.480 e. The third-order valence-corrected chi connectivity index (χ3v) is 4.07. The fourth-order valence-electron chi connectivity index (χ4n) is 2.69. The standard InChI is InChI=1S/C17H22N2O4/c1-12(17(22)23)18-16(21)14-8-5-9-19(11-14)15(20)10-13-6-3-2-4-7-13/h2-4,6-7,12,14H,5,8-11H2,1H3,(H,18,21)(H,22,23)/t12-,14?/m1/s1. The Labute approximate surface area is 135 Å². The summed E-state index contributed by atoms with van der Waals surface area (Å²) in [5.74, 6) is -1.70. The predicted octanol–water partition coefficient (Wildman–Crippen LogP) is 1.06. The first-order valence-corrected chi connectivity index (χ1v) is 7.82. The van der Waals surface area contributed by atoms with Crippen LogP contribution < -0.4 is 5.32 Å². The van der Waals surface area contributed by atoms with Gasteiger partial charge in [-0.05, 0) is 25.3 Å². The van der Waals surface area contributed by atoms with Crippen LogP contribution in [-0.4, -0.2) is 46.9 Å². The average molecular weight is 318 g/mol. The molecule has 1 aliphatic rings. The summed E-state index contributed by atoms with van der Waals surface area (Å²) in [7, 11) is 0. The van der Waals surface area contributed by atoms with E-state index in [1.807, 2.05) is 30.3 Å². The van der Waals surface area contributed by atoms with Crippen molar-refractivity contribution < 1.29 is 19.5 Å². The zero-order valence-corrected chi connectivity index (χ0v) is 13.2. The maximum atomic E-state index is 12.4. The third-order valence-electron chi connectivity index (χ3n) is 4.07. The van der Waals surface area contributed by atoms with Crippen molar-refractivity contribution in [3.05, 3.63) is 35.9 Å². The number of amides is 2. The number of piperidine rings is 1. The van der Waals surface area contributed by atoms with E-state index in [0.29, 0.717) is 25.9 Å². The summed E-state index contributed by atoms with van der Waals surface area (Å²) in [6.07, 6.45) is 1.74. The number of carboxylic acid groups (broad SMARTS) is 1. The number of nitrogens with one attached hydrogen (secondary N) is 1. The molecule has 1 heterocycles.